The summed E-state index contributed by atoms with van der Waals surface area (Å²) >= 11 is 0. The summed E-state index contributed by atoms with van der Waals surface area (Å²) in [4.78, 5) is 47.9. The van der Waals surface area contributed by atoms with E-state index in [-0.39, 0.29) is 38.1 Å². The predicted molar refractivity (Wildman–Crippen MR) is 156 cm³/mol. The zero-order valence-corrected chi connectivity index (χ0v) is 23.3. The first-order valence-electron chi connectivity index (χ1n) is 13.7. The summed E-state index contributed by atoms with van der Waals surface area (Å²) in [6.45, 7) is 2.18. The highest BCUT2D eigenvalue weighted by molar-refractivity contribution is 5.88. The van der Waals surface area contributed by atoms with Crippen LogP contribution in [0.1, 0.15) is 41.1 Å². The molecule has 0 fully saturated rings. The molecule has 3 amide bonds. The van der Waals surface area contributed by atoms with E-state index in [4.69, 9.17) is 4.74 Å². The number of benzene rings is 3. The van der Waals surface area contributed by atoms with Crippen molar-refractivity contribution in [1.82, 2.24) is 25.5 Å². The van der Waals surface area contributed by atoms with Crippen molar-refractivity contribution in [3.63, 3.8) is 0 Å². The molecule has 4 rings (SSSR count). The summed E-state index contributed by atoms with van der Waals surface area (Å²) in [5.41, 5.74) is 2.95. The van der Waals surface area contributed by atoms with Crippen molar-refractivity contribution in [2.45, 2.75) is 31.9 Å². The maximum atomic E-state index is 13.9. The Balaban J connectivity index is 1.44. The topological polar surface area (TPSA) is 116 Å². The van der Waals surface area contributed by atoms with Gasteiger partial charge < -0.3 is 25.3 Å². The van der Waals surface area contributed by atoms with Crippen molar-refractivity contribution in [1.29, 1.82) is 0 Å². The van der Waals surface area contributed by atoms with E-state index >= 15 is 0 Å². The number of rotatable bonds is 13. The van der Waals surface area contributed by atoms with E-state index in [0.717, 1.165) is 11.1 Å². The van der Waals surface area contributed by atoms with Gasteiger partial charge in [0, 0.05) is 25.8 Å². The monoisotopic (exact) mass is 571 g/mol. The first kappa shape index (κ1) is 30.0. The van der Waals surface area contributed by atoms with Crippen LogP contribution in [0.4, 0.5) is 9.18 Å². The van der Waals surface area contributed by atoms with E-state index in [1.807, 2.05) is 67.6 Å². The lowest BCUT2D eigenvalue weighted by Crippen LogP contribution is -2.45. The van der Waals surface area contributed by atoms with Gasteiger partial charge in [0.1, 0.15) is 12.4 Å². The second-order valence-corrected chi connectivity index (χ2v) is 9.93. The Labute approximate surface area is 244 Å². The van der Waals surface area contributed by atoms with Gasteiger partial charge in [-0.2, -0.15) is 0 Å². The molecule has 9 nitrogen and oxygen atoms in total. The molecule has 0 saturated heterocycles. The molecule has 0 spiro atoms. The summed E-state index contributed by atoms with van der Waals surface area (Å²) in [6.07, 6.45) is 2.31. The average molecular weight is 572 g/mol. The van der Waals surface area contributed by atoms with Crippen LogP contribution in [-0.4, -0.2) is 52.4 Å². The van der Waals surface area contributed by atoms with E-state index in [2.05, 4.69) is 20.6 Å². The Morgan fingerprint density at radius 2 is 1.60 bits per heavy atom. The van der Waals surface area contributed by atoms with E-state index in [9.17, 15) is 18.8 Å². The molecule has 0 radical (unpaired) electrons. The van der Waals surface area contributed by atoms with Crippen molar-refractivity contribution in [3.05, 3.63) is 126 Å². The molecule has 1 heterocycles. The lowest BCUT2D eigenvalue weighted by Gasteiger charge is -2.27. The van der Waals surface area contributed by atoms with Gasteiger partial charge in [0.2, 0.25) is 11.8 Å². The predicted octanol–water partition coefficient (Wildman–Crippen LogP) is 4.51. The lowest BCUT2D eigenvalue weighted by atomic mass is 10.0. The molecule has 42 heavy (non-hydrogen) atoms. The van der Waals surface area contributed by atoms with Gasteiger partial charge in [-0.25, -0.2) is 14.2 Å². The highest BCUT2D eigenvalue weighted by atomic mass is 19.1. The molecular weight excluding hydrogens is 537 g/mol. The quantitative estimate of drug-likeness (QED) is 0.218. The number of nitrogens with one attached hydrogen (secondary N) is 3. The third kappa shape index (κ3) is 9.02. The average Bonchev–Trinajstić information content (AvgIpc) is 3.55. The summed E-state index contributed by atoms with van der Waals surface area (Å²) < 4.78 is 18.9. The second-order valence-electron chi connectivity index (χ2n) is 9.93. The molecule has 0 bridgehead atoms. The van der Waals surface area contributed by atoms with Crippen LogP contribution >= 0.6 is 0 Å². The first-order chi connectivity index (χ1) is 20.4. The van der Waals surface area contributed by atoms with Gasteiger partial charge in [-0.1, -0.05) is 79.7 Å². The van der Waals surface area contributed by atoms with Gasteiger partial charge in [-0.3, -0.25) is 9.59 Å². The van der Waals surface area contributed by atoms with E-state index < -0.39 is 23.7 Å². The van der Waals surface area contributed by atoms with Crippen LogP contribution in [0.15, 0.2) is 97.5 Å². The summed E-state index contributed by atoms with van der Waals surface area (Å²) in [5.74, 6) is -2.02. The summed E-state index contributed by atoms with van der Waals surface area (Å²) in [6, 6.07) is 24.8. The number of hydrogen-bond acceptors (Lipinski definition) is 5. The maximum Gasteiger partial charge on any atom is 0.407 e. The van der Waals surface area contributed by atoms with Crippen LogP contribution in [0.3, 0.4) is 0 Å². The van der Waals surface area contributed by atoms with Crippen LogP contribution in [-0.2, 0) is 27.5 Å². The molecule has 218 valence electrons. The van der Waals surface area contributed by atoms with Crippen molar-refractivity contribution in [3.8, 4) is 0 Å². The van der Waals surface area contributed by atoms with Crippen LogP contribution in [0.25, 0.3) is 0 Å². The SMILES string of the molecule is CC(CNC(=O)CN(Cc1ccc(F)cc1)C(=O)[C@@H](CNC(=O)OCc1ccccc1)c1c[nH]cn1)c1ccccc1. The van der Waals surface area contributed by atoms with Crippen molar-refractivity contribution >= 4 is 17.9 Å². The van der Waals surface area contributed by atoms with Crippen LogP contribution in [0, 0.1) is 5.82 Å². The van der Waals surface area contributed by atoms with Crippen LogP contribution in [0.5, 0.6) is 0 Å². The molecule has 1 aromatic heterocycles. The number of aromatic amines is 1. The highest BCUT2D eigenvalue weighted by Crippen LogP contribution is 2.19. The number of carbonyl (C=O) groups is 3. The molecule has 0 aliphatic heterocycles. The minimum atomic E-state index is -0.906. The Morgan fingerprint density at radius 1 is 0.905 bits per heavy atom. The van der Waals surface area contributed by atoms with E-state index in [1.54, 1.807) is 18.3 Å². The molecule has 4 aromatic rings. The number of carbonyl (C=O) groups excluding carboxylic acids is 3. The molecule has 2 atom stereocenters. The lowest BCUT2D eigenvalue weighted by molar-refractivity contribution is -0.138. The number of amides is 3. The molecule has 0 saturated carbocycles. The van der Waals surface area contributed by atoms with Crippen LogP contribution in [0.2, 0.25) is 0 Å². The standard InChI is InChI=1S/C32H34FN5O4/c1-23(26-10-6-3-7-11-26)16-35-30(39)20-38(19-24-12-14-27(33)15-13-24)31(40)28(29-18-34-22-37-29)17-36-32(41)42-21-25-8-4-2-5-9-25/h2-15,18,22-23,28H,16-17,19-21H2,1H3,(H,34,37)(H,35,39)(H,36,41)/t23?,28-/m0/s1. The third-order valence-corrected chi connectivity index (χ3v) is 6.74. The fourth-order valence-corrected chi connectivity index (χ4v) is 4.38. The smallest absolute Gasteiger partial charge is 0.407 e. The molecule has 0 aliphatic rings. The van der Waals surface area contributed by atoms with Gasteiger partial charge in [0.25, 0.3) is 0 Å². The van der Waals surface area contributed by atoms with Gasteiger partial charge in [0.05, 0.1) is 24.5 Å². The minimum absolute atomic E-state index is 0.0557. The number of nitrogens with zero attached hydrogens (tertiary/aromatic N) is 2. The zero-order chi connectivity index (χ0) is 29.7. The Bertz CT molecular complexity index is 1420. The first-order valence-corrected chi connectivity index (χ1v) is 13.7. The molecular formula is C32H34FN5O4. The van der Waals surface area contributed by atoms with E-state index in [0.29, 0.717) is 17.8 Å². The number of H-pyrrole nitrogens is 1. The zero-order valence-electron chi connectivity index (χ0n) is 23.3. The number of ether oxygens (including phenoxy) is 1. The molecule has 3 aromatic carbocycles. The Morgan fingerprint density at radius 3 is 2.26 bits per heavy atom. The van der Waals surface area contributed by atoms with Crippen molar-refractivity contribution in [2.24, 2.45) is 0 Å². The van der Waals surface area contributed by atoms with Crippen LogP contribution < -0.4 is 10.6 Å². The Kier molecular flexibility index (Phi) is 10.8. The molecule has 3 N–H and O–H groups in total. The number of aromatic nitrogens is 2. The third-order valence-electron chi connectivity index (χ3n) is 6.74. The van der Waals surface area contributed by atoms with E-state index in [1.165, 1.54) is 23.4 Å². The summed E-state index contributed by atoms with van der Waals surface area (Å²) in [7, 11) is 0. The fourth-order valence-electron chi connectivity index (χ4n) is 4.38. The van der Waals surface area contributed by atoms with Gasteiger partial charge in [0.15, 0.2) is 0 Å². The largest absolute Gasteiger partial charge is 0.445 e. The molecule has 1 unspecified atom stereocenters. The molecule has 0 aliphatic carbocycles. The molecule has 10 heteroatoms. The highest BCUT2D eigenvalue weighted by Gasteiger charge is 2.30. The van der Waals surface area contributed by atoms with Gasteiger partial charge in [-0.05, 0) is 34.7 Å². The fraction of sp³-hybridized carbons (Fsp3) is 0.250. The number of imidazole rings is 1. The van der Waals surface area contributed by atoms with Crippen molar-refractivity contribution < 1.29 is 23.5 Å². The second kappa shape index (κ2) is 15.1. The number of hydrogen-bond donors (Lipinski definition) is 3. The van der Waals surface area contributed by atoms with Crippen molar-refractivity contribution in [2.75, 3.05) is 19.6 Å². The number of alkyl carbamates (subject to hydrolysis) is 1. The number of halogens is 1. The van der Waals surface area contributed by atoms with Gasteiger partial charge >= 0.3 is 6.09 Å². The normalized spacial score (nSPS) is 12.1. The Hall–Kier alpha value is -4.99. The minimum Gasteiger partial charge on any atom is -0.445 e. The van der Waals surface area contributed by atoms with Gasteiger partial charge in [-0.15, -0.1) is 0 Å². The summed E-state index contributed by atoms with van der Waals surface area (Å²) in [5, 5.41) is 5.56. The maximum absolute atomic E-state index is 13.9.